The molecule has 0 atom stereocenters. The second kappa shape index (κ2) is 6.89. The minimum Gasteiger partial charge on any atom is -0.385 e. The maximum absolute atomic E-state index is 11.8. The number of oxime groups is 1. The Hall–Kier alpha value is -1.88. The van der Waals surface area contributed by atoms with Crippen LogP contribution < -0.4 is 0 Å². The third-order valence-corrected chi connectivity index (χ3v) is 2.94. The van der Waals surface area contributed by atoms with Crippen molar-refractivity contribution < 1.29 is 14.4 Å². The predicted octanol–water partition coefficient (Wildman–Crippen LogP) is 1.29. The highest BCUT2D eigenvalue weighted by Crippen LogP contribution is 2.02. The second-order valence-corrected chi connectivity index (χ2v) is 4.31. The van der Waals surface area contributed by atoms with E-state index in [1.807, 2.05) is 37.3 Å². The maximum Gasteiger partial charge on any atom is 0.263 e. The Morgan fingerprint density at radius 2 is 2.00 bits per heavy atom. The predicted molar refractivity (Wildman–Crippen MR) is 72.0 cm³/mol. The van der Waals surface area contributed by atoms with Crippen molar-refractivity contribution in [1.29, 1.82) is 0 Å². The van der Waals surface area contributed by atoms with Crippen LogP contribution in [-0.2, 0) is 14.4 Å². The summed E-state index contributed by atoms with van der Waals surface area (Å²) in [5.41, 5.74) is 1.75. The molecule has 2 rings (SSSR count). The van der Waals surface area contributed by atoms with Gasteiger partial charge < -0.3 is 14.5 Å². The molecule has 0 spiro atoms. The van der Waals surface area contributed by atoms with Crippen LogP contribution in [0, 0.1) is 0 Å². The molecule has 1 amide bonds. The van der Waals surface area contributed by atoms with Crippen molar-refractivity contribution in [3.05, 3.63) is 35.9 Å². The molecule has 102 valence electrons. The molecule has 1 aromatic carbocycles. The molecule has 0 aromatic heterocycles. The van der Waals surface area contributed by atoms with Crippen molar-refractivity contribution in [1.82, 2.24) is 4.90 Å². The molecular formula is C14H18N2O3. The van der Waals surface area contributed by atoms with Gasteiger partial charge in [0.1, 0.15) is 0 Å². The zero-order chi connectivity index (χ0) is 13.5. The normalized spacial score (nSPS) is 16.3. The van der Waals surface area contributed by atoms with Crippen LogP contribution in [0.5, 0.6) is 0 Å². The summed E-state index contributed by atoms with van der Waals surface area (Å²) in [6.45, 7) is 4.28. The summed E-state index contributed by atoms with van der Waals surface area (Å²) in [5, 5.41) is 3.97. The highest BCUT2D eigenvalue weighted by molar-refractivity contribution is 5.98. The molecule has 5 heteroatoms. The second-order valence-electron chi connectivity index (χ2n) is 4.31. The van der Waals surface area contributed by atoms with Crippen LogP contribution >= 0.6 is 0 Å². The first-order chi connectivity index (χ1) is 9.27. The summed E-state index contributed by atoms with van der Waals surface area (Å²) in [5.74, 6) is -0.0482. The zero-order valence-electron chi connectivity index (χ0n) is 11.0. The minimum absolute atomic E-state index is 0.0236. The summed E-state index contributed by atoms with van der Waals surface area (Å²) in [4.78, 5) is 18.6. The van der Waals surface area contributed by atoms with E-state index >= 15 is 0 Å². The Labute approximate surface area is 112 Å². The Morgan fingerprint density at radius 3 is 2.68 bits per heavy atom. The molecule has 1 fully saturated rings. The molecule has 0 aliphatic carbocycles. The van der Waals surface area contributed by atoms with Crippen LogP contribution in [0.1, 0.15) is 12.5 Å². The van der Waals surface area contributed by atoms with Gasteiger partial charge >= 0.3 is 0 Å². The van der Waals surface area contributed by atoms with Crippen LogP contribution in [0.15, 0.2) is 35.5 Å². The van der Waals surface area contributed by atoms with Gasteiger partial charge in [0.2, 0.25) is 0 Å². The van der Waals surface area contributed by atoms with E-state index in [1.165, 1.54) is 0 Å². The van der Waals surface area contributed by atoms with Crippen LogP contribution in [0.3, 0.4) is 0 Å². The van der Waals surface area contributed by atoms with Gasteiger partial charge in [0, 0.05) is 13.1 Å². The monoisotopic (exact) mass is 262 g/mol. The third kappa shape index (κ3) is 4.06. The van der Waals surface area contributed by atoms with E-state index in [-0.39, 0.29) is 12.5 Å². The van der Waals surface area contributed by atoms with E-state index in [2.05, 4.69) is 5.16 Å². The lowest BCUT2D eigenvalue weighted by Crippen LogP contribution is -2.42. The maximum atomic E-state index is 11.8. The molecule has 1 aliphatic rings. The Balaban J connectivity index is 1.80. The van der Waals surface area contributed by atoms with Gasteiger partial charge in [-0.2, -0.15) is 0 Å². The molecule has 0 radical (unpaired) electrons. The third-order valence-electron chi connectivity index (χ3n) is 2.94. The van der Waals surface area contributed by atoms with Gasteiger partial charge in [-0.1, -0.05) is 35.5 Å². The molecule has 0 bridgehead atoms. The van der Waals surface area contributed by atoms with Gasteiger partial charge in [-0.05, 0) is 12.5 Å². The summed E-state index contributed by atoms with van der Waals surface area (Å²) in [6.07, 6.45) is 0. The Kier molecular flexibility index (Phi) is 4.92. The number of ether oxygens (including phenoxy) is 1. The smallest absolute Gasteiger partial charge is 0.263 e. The van der Waals surface area contributed by atoms with Crippen molar-refractivity contribution in [3.63, 3.8) is 0 Å². The fourth-order valence-electron chi connectivity index (χ4n) is 1.82. The molecule has 19 heavy (non-hydrogen) atoms. The topological polar surface area (TPSA) is 51.1 Å². The van der Waals surface area contributed by atoms with Crippen molar-refractivity contribution in [2.24, 2.45) is 5.16 Å². The molecule has 5 nitrogen and oxygen atoms in total. The van der Waals surface area contributed by atoms with Crippen LogP contribution in [-0.4, -0.2) is 49.4 Å². The van der Waals surface area contributed by atoms with Gasteiger partial charge in [0.05, 0.1) is 18.9 Å². The molecule has 0 N–H and O–H groups in total. The number of amides is 1. The molecule has 1 aliphatic heterocycles. The SMILES string of the molecule is C/C(=N\OCC(=O)N1CCOCC1)c1ccccc1. The summed E-state index contributed by atoms with van der Waals surface area (Å²) in [7, 11) is 0. The Morgan fingerprint density at radius 1 is 1.32 bits per heavy atom. The van der Waals surface area contributed by atoms with E-state index in [9.17, 15) is 4.79 Å². The number of benzene rings is 1. The first kappa shape index (κ1) is 13.5. The van der Waals surface area contributed by atoms with Crippen molar-refractivity contribution >= 4 is 11.6 Å². The van der Waals surface area contributed by atoms with E-state index < -0.39 is 0 Å². The fraction of sp³-hybridized carbons (Fsp3) is 0.429. The van der Waals surface area contributed by atoms with Crippen LogP contribution in [0.2, 0.25) is 0 Å². The lowest BCUT2D eigenvalue weighted by atomic mass is 10.1. The van der Waals surface area contributed by atoms with Crippen molar-refractivity contribution in [2.75, 3.05) is 32.9 Å². The fourth-order valence-corrected chi connectivity index (χ4v) is 1.82. The molecule has 1 aromatic rings. The zero-order valence-corrected chi connectivity index (χ0v) is 11.0. The van der Waals surface area contributed by atoms with E-state index in [4.69, 9.17) is 9.57 Å². The van der Waals surface area contributed by atoms with E-state index in [0.717, 1.165) is 11.3 Å². The van der Waals surface area contributed by atoms with Gasteiger partial charge in [0.25, 0.3) is 5.91 Å². The number of nitrogens with zero attached hydrogens (tertiary/aromatic N) is 2. The average Bonchev–Trinajstić information content (AvgIpc) is 2.49. The van der Waals surface area contributed by atoms with Gasteiger partial charge in [-0.25, -0.2) is 0 Å². The standard InChI is InChI=1S/C14H18N2O3/c1-12(13-5-3-2-4-6-13)15-19-11-14(17)16-7-9-18-10-8-16/h2-6H,7-11H2,1H3/b15-12+. The van der Waals surface area contributed by atoms with Crippen molar-refractivity contribution in [3.8, 4) is 0 Å². The minimum atomic E-state index is -0.0482. The highest BCUT2D eigenvalue weighted by Gasteiger charge is 2.16. The van der Waals surface area contributed by atoms with E-state index in [1.54, 1.807) is 4.90 Å². The van der Waals surface area contributed by atoms with Gasteiger partial charge in [-0.3, -0.25) is 4.79 Å². The molecular weight excluding hydrogens is 244 g/mol. The first-order valence-corrected chi connectivity index (χ1v) is 6.35. The van der Waals surface area contributed by atoms with E-state index in [0.29, 0.717) is 26.3 Å². The van der Waals surface area contributed by atoms with Gasteiger partial charge in [-0.15, -0.1) is 0 Å². The highest BCUT2D eigenvalue weighted by atomic mass is 16.6. The molecule has 0 saturated carbocycles. The number of rotatable bonds is 4. The number of hydrogen-bond donors (Lipinski definition) is 0. The summed E-state index contributed by atoms with van der Waals surface area (Å²) < 4.78 is 5.19. The van der Waals surface area contributed by atoms with Crippen molar-refractivity contribution in [2.45, 2.75) is 6.92 Å². The first-order valence-electron chi connectivity index (χ1n) is 6.35. The average molecular weight is 262 g/mol. The largest absolute Gasteiger partial charge is 0.385 e. The quantitative estimate of drug-likeness (QED) is 0.607. The van der Waals surface area contributed by atoms with Crippen LogP contribution in [0.4, 0.5) is 0 Å². The molecule has 0 unspecified atom stereocenters. The number of morpholine rings is 1. The molecule has 1 heterocycles. The number of hydrogen-bond acceptors (Lipinski definition) is 4. The molecule has 1 saturated heterocycles. The summed E-state index contributed by atoms with van der Waals surface area (Å²) in [6, 6.07) is 9.72. The number of carbonyl (C=O) groups excluding carboxylic acids is 1. The van der Waals surface area contributed by atoms with Crippen LogP contribution in [0.25, 0.3) is 0 Å². The summed E-state index contributed by atoms with van der Waals surface area (Å²) >= 11 is 0. The number of carbonyl (C=O) groups is 1. The lowest BCUT2D eigenvalue weighted by molar-refractivity contribution is -0.140. The van der Waals surface area contributed by atoms with Gasteiger partial charge in [0.15, 0.2) is 6.61 Å². The Bertz CT molecular complexity index is 439. The lowest BCUT2D eigenvalue weighted by Gasteiger charge is -2.26.